The van der Waals surface area contributed by atoms with Crippen LogP contribution in [0.3, 0.4) is 0 Å². The number of likely N-dealkylation sites (tertiary alicyclic amines) is 1. The van der Waals surface area contributed by atoms with Crippen LogP contribution in [0.25, 0.3) is 6.08 Å². The van der Waals surface area contributed by atoms with Gasteiger partial charge >= 0.3 is 13.1 Å². The molecule has 3 heterocycles. The van der Waals surface area contributed by atoms with Crippen molar-refractivity contribution in [3.63, 3.8) is 0 Å². The van der Waals surface area contributed by atoms with E-state index in [-0.39, 0.29) is 56.7 Å². The molecule has 0 bridgehead atoms. The van der Waals surface area contributed by atoms with Crippen molar-refractivity contribution in [2.75, 3.05) is 13.2 Å². The van der Waals surface area contributed by atoms with Gasteiger partial charge in [0.25, 0.3) is 0 Å². The molecule has 206 valence electrons. The predicted octanol–water partition coefficient (Wildman–Crippen LogP) is 2.39. The molecule has 0 unspecified atom stereocenters. The summed E-state index contributed by atoms with van der Waals surface area (Å²) in [6.07, 6.45) is 4.69. The Bertz CT molecular complexity index is 1110. The van der Waals surface area contributed by atoms with Crippen molar-refractivity contribution in [3.05, 3.63) is 40.4 Å². The summed E-state index contributed by atoms with van der Waals surface area (Å²) < 4.78 is 11.4. The average Bonchev–Trinajstić information content (AvgIpc) is 3.43. The number of furan rings is 1. The number of hydrogen-bond acceptors (Lipinski definition) is 8. The summed E-state index contributed by atoms with van der Waals surface area (Å²) in [5, 5.41) is 38.8. The van der Waals surface area contributed by atoms with Gasteiger partial charge in [-0.05, 0) is 80.6 Å². The van der Waals surface area contributed by atoms with E-state index in [1.54, 1.807) is 12.1 Å². The smallest absolute Gasteiger partial charge is 0.455 e. The Morgan fingerprint density at radius 1 is 1.11 bits per heavy atom. The highest BCUT2D eigenvalue weighted by Gasteiger charge is 2.57. The Morgan fingerprint density at radius 3 is 2.58 bits per heavy atom. The van der Waals surface area contributed by atoms with E-state index in [4.69, 9.17) is 14.2 Å². The maximum atomic E-state index is 13.4. The topological polar surface area (TPSA) is 158 Å². The van der Waals surface area contributed by atoms with Crippen LogP contribution in [0.2, 0.25) is 6.32 Å². The Morgan fingerprint density at radius 2 is 1.89 bits per heavy atom. The van der Waals surface area contributed by atoms with Gasteiger partial charge in [0.15, 0.2) is 0 Å². The molecule has 0 radical (unpaired) electrons. The number of imide groups is 1. The number of aliphatic hydroxyl groups is 2. The first-order chi connectivity index (χ1) is 18.2. The number of carbonyl (C=O) groups is 3. The van der Waals surface area contributed by atoms with Crippen molar-refractivity contribution in [1.82, 2.24) is 4.90 Å². The van der Waals surface area contributed by atoms with Crippen LogP contribution >= 0.6 is 0 Å². The SMILES string of the molecule is C/C(=C\c1ccc(CO)o1)CC[C@H]1OB(O)C[C@H]2C1=C(CO)C[C@H]1C(=O)N(CCCCCC(=O)O)C(=O)[C@H]12. The number of carbonyl (C=O) groups excluding carboxylic acids is 2. The molecule has 0 aromatic carbocycles. The highest BCUT2D eigenvalue weighted by molar-refractivity contribution is 6.43. The highest BCUT2D eigenvalue weighted by atomic mass is 16.5. The highest BCUT2D eigenvalue weighted by Crippen LogP contribution is 2.50. The van der Waals surface area contributed by atoms with Crippen molar-refractivity contribution in [3.8, 4) is 0 Å². The number of hydrogen-bond donors (Lipinski definition) is 4. The van der Waals surface area contributed by atoms with E-state index in [0.717, 1.165) is 11.1 Å². The van der Waals surface area contributed by atoms with Crippen molar-refractivity contribution in [2.45, 2.75) is 70.9 Å². The van der Waals surface area contributed by atoms with E-state index >= 15 is 0 Å². The van der Waals surface area contributed by atoms with Gasteiger partial charge in [0.1, 0.15) is 18.1 Å². The molecule has 2 fully saturated rings. The van der Waals surface area contributed by atoms with E-state index < -0.39 is 31.0 Å². The molecule has 2 amide bonds. The zero-order valence-electron chi connectivity index (χ0n) is 21.7. The number of allylic oxidation sites excluding steroid dienone is 1. The van der Waals surface area contributed by atoms with Crippen LogP contribution in [0.1, 0.15) is 63.4 Å². The zero-order valence-corrected chi connectivity index (χ0v) is 21.7. The predicted molar refractivity (Wildman–Crippen MR) is 137 cm³/mol. The fraction of sp³-hybridized carbons (Fsp3) is 0.593. The van der Waals surface area contributed by atoms with Crippen LogP contribution in [0.5, 0.6) is 0 Å². The number of fused-ring (bicyclic) bond motifs is 3. The van der Waals surface area contributed by atoms with Gasteiger partial charge in [-0.2, -0.15) is 0 Å². The van der Waals surface area contributed by atoms with Gasteiger partial charge in [-0.1, -0.05) is 12.0 Å². The van der Waals surface area contributed by atoms with E-state index in [9.17, 15) is 29.6 Å². The third-order valence-electron chi connectivity index (χ3n) is 7.89. The zero-order chi connectivity index (χ0) is 27.4. The van der Waals surface area contributed by atoms with Gasteiger partial charge in [-0.25, -0.2) is 0 Å². The molecule has 2 aliphatic heterocycles. The Hall–Kier alpha value is -2.73. The summed E-state index contributed by atoms with van der Waals surface area (Å²) >= 11 is 0. The molecular formula is C27H36BNO9. The van der Waals surface area contributed by atoms with E-state index in [2.05, 4.69) is 0 Å². The van der Waals surface area contributed by atoms with E-state index in [1.165, 1.54) is 4.90 Å². The maximum absolute atomic E-state index is 13.4. The first-order valence-electron chi connectivity index (χ1n) is 13.3. The molecule has 1 aromatic rings. The third kappa shape index (κ3) is 6.12. The van der Waals surface area contributed by atoms with Crippen molar-refractivity contribution in [1.29, 1.82) is 0 Å². The van der Waals surface area contributed by atoms with Gasteiger partial charge in [0, 0.05) is 13.0 Å². The monoisotopic (exact) mass is 529 g/mol. The summed E-state index contributed by atoms with van der Waals surface area (Å²) in [6, 6.07) is 3.49. The summed E-state index contributed by atoms with van der Waals surface area (Å²) in [4.78, 5) is 38.7. The van der Waals surface area contributed by atoms with Crippen LogP contribution in [-0.4, -0.2) is 69.4 Å². The summed E-state index contributed by atoms with van der Waals surface area (Å²) in [5.41, 5.74) is 2.54. The number of aliphatic hydroxyl groups excluding tert-OH is 2. The van der Waals surface area contributed by atoms with Crippen LogP contribution in [-0.2, 0) is 25.6 Å². The minimum atomic E-state index is -1.08. The average molecular weight is 529 g/mol. The number of carboxylic acids is 1. The second kappa shape index (κ2) is 12.4. The Balaban J connectivity index is 1.47. The second-order valence-corrected chi connectivity index (χ2v) is 10.5. The quantitative estimate of drug-likeness (QED) is 0.138. The lowest BCUT2D eigenvalue weighted by Gasteiger charge is -2.42. The van der Waals surface area contributed by atoms with Gasteiger partial charge in [0.2, 0.25) is 11.8 Å². The summed E-state index contributed by atoms with van der Waals surface area (Å²) in [5.74, 6) is -1.81. The first-order valence-corrected chi connectivity index (χ1v) is 13.3. The lowest BCUT2D eigenvalue weighted by atomic mass is 9.58. The van der Waals surface area contributed by atoms with Gasteiger partial charge < -0.3 is 29.4 Å². The van der Waals surface area contributed by atoms with Crippen LogP contribution < -0.4 is 0 Å². The third-order valence-corrected chi connectivity index (χ3v) is 7.89. The minimum Gasteiger partial charge on any atom is -0.481 e. The molecule has 0 spiro atoms. The Kier molecular flexibility index (Phi) is 9.25. The standard InChI is InChI=1S/C27H36BNO9/c1-16(11-18-7-8-19(15-31)37-18)6-9-22-24-17(14-30)12-20-25(21(24)13-28(36)38-22)27(35)29(26(20)34)10-4-2-3-5-23(32)33/h7-8,11,20-22,25,30-31,36H,2-6,9-10,12-15H2,1H3,(H,32,33)/b16-11+/t20-,21+,22-,25-/m1/s1. The molecule has 1 aromatic heterocycles. The number of nitrogens with zero attached hydrogens (tertiary/aromatic N) is 1. The number of amides is 2. The molecule has 4 rings (SSSR count). The summed E-state index contributed by atoms with van der Waals surface area (Å²) in [6.45, 7) is 1.78. The van der Waals surface area contributed by atoms with Crippen molar-refractivity contribution >= 4 is 31.0 Å². The molecule has 0 saturated carbocycles. The van der Waals surface area contributed by atoms with Gasteiger partial charge in [0.05, 0.1) is 24.5 Å². The molecule has 4 atom stereocenters. The van der Waals surface area contributed by atoms with Crippen molar-refractivity contribution in [2.24, 2.45) is 17.8 Å². The van der Waals surface area contributed by atoms with Gasteiger partial charge in [-0.15, -0.1) is 0 Å². The second-order valence-electron chi connectivity index (χ2n) is 10.5. The molecule has 2 saturated heterocycles. The molecule has 1 aliphatic carbocycles. The van der Waals surface area contributed by atoms with E-state index in [0.29, 0.717) is 49.2 Å². The minimum absolute atomic E-state index is 0.0571. The van der Waals surface area contributed by atoms with Crippen molar-refractivity contribution < 1.29 is 43.8 Å². The summed E-state index contributed by atoms with van der Waals surface area (Å²) in [7, 11) is -1.08. The van der Waals surface area contributed by atoms with Crippen LogP contribution in [0, 0.1) is 17.8 Å². The number of carboxylic acid groups (broad SMARTS) is 1. The largest absolute Gasteiger partial charge is 0.481 e. The molecule has 4 N–H and O–H groups in total. The first kappa shape index (κ1) is 28.3. The molecule has 38 heavy (non-hydrogen) atoms. The maximum Gasteiger partial charge on any atom is 0.455 e. The van der Waals surface area contributed by atoms with E-state index in [1.807, 2.05) is 13.0 Å². The molecular weight excluding hydrogens is 493 g/mol. The fourth-order valence-corrected chi connectivity index (χ4v) is 6.15. The number of aliphatic carboxylic acids is 1. The molecule has 3 aliphatic rings. The number of rotatable bonds is 12. The fourth-order valence-electron chi connectivity index (χ4n) is 6.15. The van der Waals surface area contributed by atoms with Gasteiger partial charge in [-0.3, -0.25) is 19.3 Å². The lowest BCUT2D eigenvalue weighted by molar-refractivity contribution is -0.141. The normalized spacial score (nSPS) is 25.7. The van der Waals surface area contributed by atoms with Crippen LogP contribution in [0.4, 0.5) is 0 Å². The molecule has 11 heteroatoms. The number of unbranched alkanes of at least 4 members (excludes halogenated alkanes) is 2. The molecule has 10 nitrogen and oxygen atoms in total. The van der Waals surface area contributed by atoms with Crippen LogP contribution in [0.15, 0.2) is 33.3 Å². The lowest BCUT2D eigenvalue weighted by Crippen LogP contribution is -2.46. The Labute approximate surface area is 222 Å².